The molecular weight excluding hydrogens is 344 g/mol. The van der Waals surface area contributed by atoms with E-state index in [1.807, 2.05) is 12.1 Å². The largest absolute Gasteiger partial charge is 0.494 e. The summed E-state index contributed by atoms with van der Waals surface area (Å²) < 4.78 is 5.57. The summed E-state index contributed by atoms with van der Waals surface area (Å²) in [5.74, 6) is 1.73. The number of likely N-dealkylation sites (N-methyl/N-ethyl adjacent to an activating group) is 1. The quantitative estimate of drug-likeness (QED) is 0.852. The molecule has 8 heteroatoms. The number of ether oxygens (including phenoxy) is 1. The highest BCUT2D eigenvalue weighted by Gasteiger charge is 2.18. The second-order valence-electron chi connectivity index (χ2n) is 6.92. The third kappa shape index (κ3) is 3.80. The fourth-order valence-corrected chi connectivity index (χ4v) is 3.37. The van der Waals surface area contributed by atoms with E-state index in [4.69, 9.17) is 4.74 Å². The lowest BCUT2D eigenvalue weighted by molar-refractivity contribution is -0.116. The van der Waals surface area contributed by atoms with E-state index in [9.17, 15) is 4.79 Å². The standard InChI is InChI=1S/C19H24N6O2/c1-24-7-9-25(10-8-24)14-4-5-15(16(11-14)27-2)21-19-20-12-13-3-6-17(26)22-18(13)23-19/h4-5,11-12H,3,6-10H2,1-2H3,(H2,20,21,22,23,26). The predicted octanol–water partition coefficient (Wildman–Crippen LogP) is 1.87. The molecular formula is C19H24N6O2. The molecule has 142 valence electrons. The topological polar surface area (TPSA) is 82.6 Å². The van der Waals surface area contributed by atoms with E-state index in [1.54, 1.807) is 13.3 Å². The summed E-state index contributed by atoms with van der Waals surface area (Å²) in [6.07, 6.45) is 2.91. The van der Waals surface area contributed by atoms with Crippen molar-refractivity contribution in [3.8, 4) is 5.75 Å². The molecule has 2 aromatic rings. The number of methoxy groups -OCH3 is 1. The summed E-state index contributed by atoms with van der Waals surface area (Å²) >= 11 is 0. The number of amides is 1. The van der Waals surface area contributed by atoms with Gasteiger partial charge in [-0.1, -0.05) is 0 Å². The zero-order valence-electron chi connectivity index (χ0n) is 15.7. The Hall–Kier alpha value is -2.87. The molecule has 2 aliphatic rings. The molecule has 2 aliphatic heterocycles. The number of rotatable bonds is 4. The Morgan fingerprint density at radius 3 is 2.78 bits per heavy atom. The normalized spacial score (nSPS) is 17.3. The van der Waals surface area contributed by atoms with Crippen LogP contribution in [0.1, 0.15) is 12.0 Å². The Morgan fingerprint density at radius 1 is 1.19 bits per heavy atom. The number of piperazine rings is 1. The highest BCUT2D eigenvalue weighted by molar-refractivity contribution is 5.92. The van der Waals surface area contributed by atoms with Gasteiger partial charge >= 0.3 is 0 Å². The summed E-state index contributed by atoms with van der Waals surface area (Å²) in [5, 5.41) is 6.00. The van der Waals surface area contributed by atoms with E-state index in [0.29, 0.717) is 24.6 Å². The number of carbonyl (C=O) groups is 1. The number of carbonyl (C=O) groups excluding carboxylic acids is 1. The Bertz CT molecular complexity index is 848. The van der Waals surface area contributed by atoms with Gasteiger partial charge in [0.2, 0.25) is 11.9 Å². The number of nitrogens with one attached hydrogen (secondary N) is 2. The maximum Gasteiger partial charge on any atom is 0.229 e. The lowest BCUT2D eigenvalue weighted by Gasteiger charge is -2.34. The molecule has 0 radical (unpaired) electrons. The van der Waals surface area contributed by atoms with E-state index < -0.39 is 0 Å². The second kappa shape index (κ2) is 7.40. The van der Waals surface area contributed by atoms with Crippen LogP contribution in [0.15, 0.2) is 24.4 Å². The Balaban J connectivity index is 1.54. The minimum Gasteiger partial charge on any atom is -0.494 e. The number of aromatic nitrogens is 2. The molecule has 1 saturated heterocycles. The molecule has 1 aromatic carbocycles. The molecule has 0 unspecified atom stereocenters. The molecule has 1 amide bonds. The van der Waals surface area contributed by atoms with Gasteiger partial charge in [0.05, 0.1) is 12.8 Å². The van der Waals surface area contributed by atoms with Gasteiger partial charge < -0.3 is 25.2 Å². The van der Waals surface area contributed by atoms with Crippen molar-refractivity contribution >= 4 is 29.0 Å². The van der Waals surface area contributed by atoms with Gasteiger partial charge in [0, 0.05) is 56.1 Å². The molecule has 0 spiro atoms. The minimum absolute atomic E-state index is 0.0127. The lowest BCUT2D eigenvalue weighted by atomic mass is 10.1. The fourth-order valence-electron chi connectivity index (χ4n) is 3.37. The van der Waals surface area contributed by atoms with Gasteiger partial charge in [-0.3, -0.25) is 4.79 Å². The number of nitrogens with zero attached hydrogens (tertiary/aromatic N) is 4. The van der Waals surface area contributed by atoms with Crippen molar-refractivity contribution in [2.75, 3.05) is 55.9 Å². The first-order valence-corrected chi connectivity index (χ1v) is 9.17. The van der Waals surface area contributed by atoms with Crippen LogP contribution in [-0.4, -0.2) is 61.1 Å². The van der Waals surface area contributed by atoms with Crippen LogP contribution in [0.5, 0.6) is 5.75 Å². The van der Waals surface area contributed by atoms with E-state index in [1.165, 1.54) is 0 Å². The van der Waals surface area contributed by atoms with E-state index in [0.717, 1.165) is 48.9 Å². The first-order chi connectivity index (χ1) is 13.1. The average molecular weight is 368 g/mol. The summed E-state index contributed by atoms with van der Waals surface area (Å²) in [6.45, 7) is 4.11. The van der Waals surface area contributed by atoms with Crippen molar-refractivity contribution in [3.05, 3.63) is 30.0 Å². The zero-order valence-corrected chi connectivity index (χ0v) is 15.7. The molecule has 27 heavy (non-hydrogen) atoms. The van der Waals surface area contributed by atoms with Crippen LogP contribution in [0.3, 0.4) is 0 Å². The van der Waals surface area contributed by atoms with Crippen LogP contribution < -0.4 is 20.3 Å². The van der Waals surface area contributed by atoms with Crippen molar-refractivity contribution in [1.29, 1.82) is 0 Å². The Kier molecular flexibility index (Phi) is 4.81. The molecule has 3 heterocycles. The van der Waals surface area contributed by atoms with Crippen molar-refractivity contribution < 1.29 is 9.53 Å². The smallest absolute Gasteiger partial charge is 0.229 e. The summed E-state index contributed by atoms with van der Waals surface area (Å²) in [5.41, 5.74) is 2.89. The monoisotopic (exact) mass is 368 g/mol. The minimum atomic E-state index is -0.0127. The van der Waals surface area contributed by atoms with Gasteiger partial charge in [-0.25, -0.2) is 4.98 Å². The van der Waals surface area contributed by atoms with Crippen molar-refractivity contribution in [2.45, 2.75) is 12.8 Å². The van der Waals surface area contributed by atoms with Crippen LogP contribution in [0, 0.1) is 0 Å². The van der Waals surface area contributed by atoms with Gasteiger partial charge in [0.15, 0.2) is 0 Å². The zero-order chi connectivity index (χ0) is 18.8. The Labute approximate surface area is 158 Å². The number of anilines is 4. The van der Waals surface area contributed by atoms with Crippen molar-refractivity contribution in [2.24, 2.45) is 0 Å². The number of fused-ring (bicyclic) bond motifs is 1. The van der Waals surface area contributed by atoms with Gasteiger partial charge in [0.1, 0.15) is 11.6 Å². The molecule has 0 atom stereocenters. The molecule has 1 fully saturated rings. The van der Waals surface area contributed by atoms with Crippen molar-refractivity contribution in [1.82, 2.24) is 14.9 Å². The van der Waals surface area contributed by atoms with E-state index >= 15 is 0 Å². The van der Waals surface area contributed by atoms with Gasteiger partial charge in [-0.2, -0.15) is 4.98 Å². The summed E-state index contributed by atoms with van der Waals surface area (Å²) in [6, 6.07) is 6.10. The van der Waals surface area contributed by atoms with Crippen LogP contribution >= 0.6 is 0 Å². The van der Waals surface area contributed by atoms with Crippen LogP contribution in [0.25, 0.3) is 0 Å². The summed E-state index contributed by atoms with van der Waals surface area (Å²) in [4.78, 5) is 25.1. The lowest BCUT2D eigenvalue weighted by Crippen LogP contribution is -2.44. The van der Waals surface area contributed by atoms with Crippen LogP contribution in [0.4, 0.5) is 23.1 Å². The first-order valence-electron chi connectivity index (χ1n) is 9.17. The molecule has 0 aliphatic carbocycles. The van der Waals surface area contributed by atoms with Crippen LogP contribution in [-0.2, 0) is 11.2 Å². The number of benzene rings is 1. The molecule has 0 saturated carbocycles. The molecule has 4 rings (SSSR count). The summed E-state index contributed by atoms with van der Waals surface area (Å²) in [7, 11) is 3.80. The molecule has 8 nitrogen and oxygen atoms in total. The van der Waals surface area contributed by atoms with Crippen molar-refractivity contribution in [3.63, 3.8) is 0 Å². The third-order valence-corrected chi connectivity index (χ3v) is 5.04. The van der Waals surface area contributed by atoms with E-state index in [-0.39, 0.29) is 5.91 Å². The van der Waals surface area contributed by atoms with Crippen LogP contribution in [0.2, 0.25) is 0 Å². The van der Waals surface area contributed by atoms with Gasteiger partial charge in [-0.05, 0) is 25.6 Å². The number of aryl methyl sites for hydroxylation is 1. The van der Waals surface area contributed by atoms with E-state index in [2.05, 4.69) is 43.5 Å². The molecule has 1 aromatic heterocycles. The highest BCUT2D eigenvalue weighted by atomic mass is 16.5. The van der Waals surface area contributed by atoms with Gasteiger partial charge in [-0.15, -0.1) is 0 Å². The number of hydrogen-bond donors (Lipinski definition) is 2. The second-order valence-corrected chi connectivity index (χ2v) is 6.92. The predicted molar refractivity (Wildman–Crippen MR) is 105 cm³/mol. The SMILES string of the molecule is COc1cc(N2CCN(C)CC2)ccc1Nc1ncc2c(n1)NC(=O)CC2. The first kappa shape index (κ1) is 17.5. The fraction of sp³-hybridized carbons (Fsp3) is 0.421. The maximum absolute atomic E-state index is 11.6. The molecule has 0 bridgehead atoms. The maximum atomic E-state index is 11.6. The number of hydrogen-bond acceptors (Lipinski definition) is 7. The average Bonchev–Trinajstić information content (AvgIpc) is 2.68. The third-order valence-electron chi connectivity index (χ3n) is 5.04. The Morgan fingerprint density at radius 2 is 2.00 bits per heavy atom. The molecule has 2 N–H and O–H groups in total. The van der Waals surface area contributed by atoms with Gasteiger partial charge in [0.25, 0.3) is 0 Å². The highest BCUT2D eigenvalue weighted by Crippen LogP contribution is 2.32.